The molecule has 0 saturated carbocycles. The molecule has 1 aromatic heterocycles. The number of methoxy groups -OCH3 is 1. The van der Waals surface area contributed by atoms with E-state index in [1.807, 2.05) is 30.7 Å². The molecule has 0 unspecified atom stereocenters. The number of alkyl halides is 1. The molecule has 2 rings (SSSR count). The first-order chi connectivity index (χ1) is 9.60. The van der Waals surface area contributed by atoms with E-state index in [0.717, 1.165) is 22.5 Å². The molecule has 0 aliphatic rings. The van der Waals surface area contributed by atoms with Crippen molar-refractivity contribution in [3.63, 3.8) is 0 Å². The zero-order valence-corrected chi connectivity index (χ0v) is 12.5. The average Bonchev–Trinajstić information content (AvgIpc) is 2.72. The topological polar surface area (TPSA) is 50.8 Å². The van der Waals surface area contributed by atoms with Crippen molar-refractivity contribution >= 4 is 11.6 Å². The molecule has 5 heteroatoms. The Hall–Kier alpha value is -1.99. The highest BCUT2D eigenvalue weighted by Gasteiger charge is 2.11. The van der Waals surface area contributed by atoms with Gasteiger partial charge in [0, 0.05) is 11.3 Å². The third kappa shape index (κ3) is 2.63. The first kappa shape index (κ1) is 14.4. The van der Waals surface area contributed by atoms with Crippen molar-refractivity contribution in [1.82, 2.24) is 9.78 Å². The van der Waals surface area contributed by atoms with Crippen molar-refractivity contribution in [2.45, 2.75) is 26.3 Å². The third-order valence-electron chi connectivity index (χ3n) is 3.38. The van der Waals surface area contributed by atoms with Crippen molar-refractivity contribution in [2.24, 2.45) is 0 Å². The van der Waals surface area contributed by atoms with Gasteiger partial charge in [-0.1, -0.05) is 6.07 Å². The summed E-state index contributed by atoms with van der Waals surface area (Å²) in [6.07, 6.45) is 0. The van der Waals surface area contributed by atoms with E-state index >= 15 is 0 Å². The fourth-order valence-electron chi connectivity index (χ4n) is 2.18. The number of hydrogen-bond donors (Lipinski definition) is 0. The standard InChI is InChI=1S/C15H16ClN3O/c1-10-14(7-16)11(2)19(18-10)9-12-4-5-13(8-17)15(6-12)20-3/h4-6H,7,9H2,1-3H3. The van der Waals surface area contributed by atoms with Crippen LogP contribution < -0.4 is 4.74 Å². The van der Waals surface area contributed by atoms with E-state index in [9.17, 15) is 0 Å². The van der Waals surface area contributed by atoms with Crippen LogP contribution >= 0.6 is 11.6 Å². The highest BCUT2D eigenvalue weighted by Crippen LogP contribution is 2.21. The lowest BCUT2D eigenvalue weighted by atomic mass is 10.1. The van der Waals surface area contributed by atoms with E-state index in [2.05, 4.69) is 11.2 Å². The summed E-state index contributed by atoms with van der Waals surface area (Å²) in [7, 11) is 1.56. The first-order valence-corrected chi connectivity index (χ1v) is 6.80. The normalized spacial score (nSPS) is 10.3. The molecule has 0 saturated heterocycles. The molecule has 0 radical (unpaired) electrons. The summed E-state index contributed by atoms with van der Waals surface area (Å²) in [5, 5.41) is 13.5. The zero-order chi connectivity index (χ0) is 14.7. The Kier molecular flexibility index (Phi) is 4.31. The molecular formula is C15H16ClN3O. The molecule has 104 valence electrons. The van der Waals surface area contributed by atoms with Crippen LogP contribution in [-0.2, 0) is 12.4 Å². The van der Waals surface area contributed by atoms with Gasteiger partial charge in [0.1, 0.15) is 11.8 Å². The summed E-state index contributed by atoms with van der Waals surface area (Å²) in [4.78, 5) is 0. The molecule has 0 atom stereocenters. The lowest BCUT2D eigenvalue weighted by molar-refractivity contribution is 0.412. The van der Waals surface area contributed by atoms with Crippen LogP contribution in [0.1, 0.15) is 28.1 Å². The predicted molar refractivity (Wildman–Crippen MR) is 78.1 cm³/mol. The predicted octanol–water partition coefficient (Wildman–Crippen LogP) is 3.17. The third-order valence-corrected chi connectivity index (χ3v) is 3.65. The molecule has 0 spiro atoms. The van der Waals surface area contributed by atoms with Crippen LogP contribution in [0.5, 0.6) is 5.75 Å². The summed E-state index contributed by atoms with van der Waals surface area (Å²) in [6.45, 7) is 4.60. The Balaban J connectivity index is 2.33. The number of halogens is 1. The number of nitrogens with zero attached hydrogens (tertiary/aromatic N) is 3. The number of rotatable bonds is 4. The van der Waals surface area contributed by atoms with Gasteiger partial charge in [-0.3, -0.25) is 4.68 Å². The second-order valence-corrected chi connectivity index (χ2v) is 4.85. The van der Waals surface area contributed by atoms with Crippen LogP contribution in [0.3, 0.4) is 0 Å². The number of hydrogen-bond acceptors (Lipinski definition) is 3. The smallest absolute Gasteiger partial charge is 0.136 e. The molecule has 4 nitrogen and oxygen atoms in total. The van der Waals surface area contributed by atoms with Crippen LogP contribution in [0.2, 0.25) is 0 Å². The van der Waals surface area contributed by atoms with Crippen LogP contribution in [0.4, 0.5) is 0 Å². The van der Waals surface area contributed by atoms with E-state index in [1.165, 1.54) is 0 Å². The fourth-order valence-corrected chi connectivity index (χ4v) is 2.57. The molecular weight excluding hydrogens is 274 g/mol. The summed E-state index contributed by atoms with van der Waals surface area (Å²) in [6, 6.07) is 7.66. The Morgan fingerprint density at radius 1 is 1.40 bits per heavy atom. The minimum Gasteiger partial charge on any atom is -0.495 e. The quantitative estimate of drug-likeness (QED) is 0.812. The van der Waals surface area contributed by atoms with Gasteiger partial charge in [-0.15, -0.1) is 11.6 Å². The van der Waals surface area contributed by atoms with Crippen molar-refractivity contribution in [1.29, 1.82) is 5.26 Å². The number of benzene rings is 1. The second-order valence-electron chi connectivity index (χ2n) is 4.59. The van der Waals surface area contributed by atoms with Crippen molar-refractivity contribution in [2.75, 3.05) is 7.11 Å². The molecule has 0 amide bonds. The first-order valence-electron chi connectivity index (χ1n) is 6.26. The molecule has 1 heterocycles. The lowest BCUT2D eigenvalue weighted by Crippen LogP contribution is -2.05. The Labute approximate surface area is 123 Å². The molecule has 0 N–H and O–H groups in total. The maximum Gasteiger partial charge on any atom is 0.136 e. The minimum atomic E-state index is 0.467. The maximum absolute atomic E-state index is 8.98. The van der Waals surface area contributed by atoms with Crippen LogP contribution in [-0.4, -0.2) is 16.9 Å². The number of aryl methyl sites for hydroxylation is 1. The molecule has 0 bridgehead atoms. The molecule has 0 aliphatic heterocycles. The molecule has 20 heavy (non-hydrogen) atoms. The van der Waals surface area contributed by atoms with Crippen LogP contribution in [0, 0.1) is 25.2 Å². The molecule has 1 aromatic carbocycles. The van der Waals surface area contributed by atoms with Crippen LogP contribution in [0.25, 0.3) is 0 Å². The average molecular weight is 290 g/mol. The highest BCUT2D eigenvalue weighted by atomic mass is 35.5. The minimum absolute atomic E-state index is 0.467. The molecule has 2 aromatic rings. The maximum atomic E-state index is 8.98. The van der Waals surface area contributed by atoms with E-state index in [-0.39, 0.29) is 0 Å². The van der Waals surface area contributed by atoms with Crippen molar-refractivity contribution in [3.8, 4) is 11.8 Å². The number of aromatic nitrogens is 2. The summed E-state index contributed by atoms with van der Waals surface area (Å²) < 4.78 is 7.15. The lowest BCUT2D eigenvalue weighted by Gasteiger charge is -2.08. The van der Waals surface area contributed by atoms with Crippen molar-refractivity contribution < 1.29 is 4.74 Å². The largest absolute Gasteiger partial charge is 0.495 e. The molecule has 0 fully saturated rings. The zero-order valence-electron chi connectivity index (χ0n) is 11.8. The number of ether oxygens (including phenoxy) is 1. The van der Waals surface area contributed by atoms with Gasteiger partial charge in [-0.25, -0.2) is 0 Å². The van der Waals surface area contributed by atoms with Gasteiger partial charge in [-0.2, -0.15) is 10.4 Å². The SMILES string of the molecule is COc1cc(Cn2nc(C)c(CCl)c2C)ccc1C#N. The summed E-state index contributed by atoms with van der Waals surface area (Å²) >= 11 is 5.93. The highest BCUT2D eigenvalue weighted by molar-refractivity contribution is 6.17. The van der Waals surface area contributed by atoms with E-state index in [1.54, 1.807) is 13.2 Å². The Bertz CT molecular complexity index is 670. The Morgan fingerprint density at radius 3 is 2.70 bits per heavy atom. The summed E-state index contributed by atoms with van der Waals surface area (Å²) in [5.41, 5.74) is 4.67. The van der Waals surface area contributed by atoms with Crippen molar-refractivity contribution in [3.05, 3.63) is 46.3 Å². The monoisotopic (exact) mass is 289 g/mol. The van der Waals surface area contributed by atoms with E-state index in [4.69, 9.17) is 21.6 Å². The van der Waals surface area contributed by atoms with Gasteiger partial charge in [0.05, 0.1) is 30.8 Å². The second kappa shape index (κ2) is 5.98. The van der Waals surface area contributed by atoms with Gasteiger partial charge in [0.15, 0.2) is 0 Å². The fraction of sp³-hybridized carbons (Fsp3) is 0.333. The van der Waals surface area contributed by atoms with Gasteiger partial charge in [-0.05, 0) is 31.5 Å². The van der Waals surface area contributed by atoms with Crippen LogP contribution in [0.15, 0.2) is 18.2 Å². The van der Waals surface area contributed by atoms with Gasteiger partial charge >= 0.3 is 0 Å². The Morgan fingerprint density at radius 2 is 2.15 bits per heavy atom. The van der Waals surface area contributed by atoms with E-state index < -0.39 is 0 Å². The van der Waals surface area contributed by atoms with Gasteiger partial charge in [0.2, 0.25) is 0 Å². The van der Waals surface area contributed by atoms with Gasteiger partial charge in [0.25, 0.3) is 0 Å². The number of nitriles is 1. The van der Waals surface area contributed by atoms with Gasteiger partial charge < -0.3 is 4.74 Å². The summed E-state index contributed by atoms with van der Waals surface area (Å²) in [5.74, 6) is 1.05. The van der Waals surface area contributed by atoms with E-state index in [0.29, 0.717) is 23.7 Å². The molecule has 0 aliphatic carbocycles.